The van der Waals surface area contributed by atoms with E-state index in [1.54, 1.807) is 0 Å². The van der Waals surface area contributed by atoms with Gasteiger partial charge in [0.25, 0.3) is 0 Å². The van der Waals surface area contributed by atoms with E-state index in [1.807, 2.05) is 0 Å². The minimum absolute atomic E-state index is 0.490. The second kappa shape index (κ2) is 3.08. The molecule has 0 N–H and O–H groups in total. The summed E-state index contributed by atoms with van der Waals surface area (Å²) in [6.07, 6.45) is 13.4. The van der Waals surface area contributed by atoms with Crippen molar-refractivity contribution in [2.75, 3.05) is 13.7 Å². The average molecular weight is 246 g/mol. The van der Waals surface area contributed by atoms with Crippen molar-refractivity contribution in [3.05, 3.63) is 12.4 Å². The van der Waals surface area contributed by atoms with E-state index >= 15 is 0 Å². The van der Waals surface area contributed by atoms with Crippen molar-refractivity contribution in [3.63, 3.8) is 0 Å². The molecule has 1 aliphatic heterocycles. The zero-order chi connectivity index (χ0) is 12.6. The van der Waals surface area contributed by atoms with Crippen LogP contribution < -0.4 is 0 Å². The molecule has 0 aromatic carbocycles. The maximum absolute atomic E-state index is 2.67. The minimum atomic E-state index is 0.490. The number of hydrogen-bond donors (Lipinski definition) is 0. The molecule has 5 aliphatic rings. The molecule has 2 heteroatoms. The maximum Gasteiger partial charge on any atom is 0.0896 e. The van der Waals surface area contributed by atoms with E-state index in [2.05, 4.69) is 43.1 Å². The molecule has 2 atom stereocenters. The van der Waals surface area contributed by atoms with E-state index in [4.69, 9.17) is 0 Å². The van der Waals surface area contributed by atoms with Crippen molar-refractivity contribution in [1.82, 2.24) is 9.80 Å². The molecule has 18 heavy (non-hydrogen) atoms. The monoisotopic (exact) mass is 246 g/mol. The van der Waals surface area contributed by atoms with Crippen molar-refractivity contribution in [2.24, 2.45) is 16.7 Å². The number of rotatable bonds is 1. The highest BCUT2D eigenvalue weighted by atomic mass is 15.4. The predicted molar refractivity (Wildman–Crippen MR) is 73.7 cm³/mol. The third-order valence-corrected chi connectivity index (χ3v) is 6.08. The second-order valence-corrected chi connectivity index (χ2v) is 8.52. The molecule has 0 aromatic rings. The summed E-state index contributed by atoms with van der Waals surface area (Å²) in [5.41, 5.74) is 1.75. The summed E-state index contributed by atoms with van der Waals surface area (Å²) in [5.74, 6) is 0.996. The van der Waals surface area contributed by atoms with Crippen molar-refractivity contribution in [3.8, 4) is 0 Å². The molecule has 0 amide bonds. The summed E-state index contributed by atoms with van der Waals surface area (Å²) in [6.45, 7) is 6.24. The molecular formula is C16H26N2. The van der Waals surface area contributed by atoms with Gasteiger partial charge in [-0.1, -0.05) is 13.8 Å². The fraction of sp³-hybridized carbons (Fsp3) is 0.875. The first-order valence-corrected chi connectivity index (χ1v) is 7.56. The lowest BCUT2D eigenvalue weighted by Gasteiger charge is -2.67. The van der Waals surface area contributed by atoms with Crippen LogP contribution in [0, 0.1) is 16.7 Å². The summed E-state index contributed by atoms with van der Waals surface area (Å²) < 4.78 is 0. The highest BCUT2D eigenvalue weighted by Gasteiger charge is 2.61. The standard InChI is InChI=1S/C16H26N2/c1-14-6-13-7-15(2,9-14)11-16(8-13,10-14)18-5-4-17(3)12-18/h4-5,13H,6-12H2,1-3H3. The largest absolute Gasteiger partial charge is 0.362 e. The molecule has 5 rings (SSSR count). The van der Waals surface area contributed by atoms with Crippen LogP contribution >= 0.6 is 0 Å². The van der Waals surface area contributed by atoms with E-state index in [-0.39, 0.29) is 0 Å². The van der Waals surface area contributed by atoms with Crippen LogP contribution in [-0.2, 0) is 0 Å². The Hall–Kier alpha value is -0.660. The van der Waals surface area contributed by atoms with E-state index in [9.17, 15) is 0 Å². The maximum atomic E-state index is 2.67. The Bertz CT molecular complexity index is 395. The van der Waals surface area contributed by atoms with Gasteiger partial charge in [-0.15, -0.1) is 0 Å². The van der Waals surface area contributed by atoms with Crippen LogP contribution in [0.3, 0.4) is 0 Å². The average Bonchev–Trinajstić information content (AvgIpc) is 2.59. The lowest BCUT2D eigenvalue weighted by Crippen LogP contribution is -2.64. The quantitative estimate of drug-likeness (QED) is 0.699. The first-order valence-electron chi connectivity index (χ1n) is 7.56. The van der Waals surface area contributed by atoms with Gasteiger partial charge in [0.15, 0.2) is 0 Å². The van der Waals surface area contributed by atoms with Gasteiger partial charge in [0.1, 0.15) is 0 Å². The van der Waals surface area contributed by atoms with Crippen LogP contribution in [0.5, 0.6) is 0 Å². The van der Waals surface area contributed by atoms with Crippen LogP contribution in [0.4, 0.5) is 0 Å². The molecule has 4 aliphatic carbocycles. The summed E-state index contributed by atoms with van der Waals surface area (Å²) in [4.78, 5) is 5.00. The fourth-order valence-electron chi connectivity index (χ4n) is 6.54. The van der Waals surface area contributed by atoms with Gasteiger partial charge in [0, 0.05) is 25.0 Å². The molecule has 100 valence electrons. The molecular weight excluding hydrogens is 220 g/mol. The third-order valence-electron chi connectivity index (χ3n) is 6.08. The lowest BCUT2D eigenvalue weighted by atomic mass is 9.42. The Morgan fingerprint density at radius 3 is 2.11 bits per heavy atom. The highest BCUT2D eigenvalue weighted by Crippen LogP contribution is 2.67. The second-order valence-electron chi connectivity index (χ2n) is 8.52. The summed E-state index contributed by atoms with van der Waals surface area (Å²) in [5, 5.41) is 0. The summed E-state index contributed by atoms with van der Waals surface area (Å²) in [7, 11) is 2.19. The van der Waals surface area contributed by atoms with E-state index < -0.39 is 0 Å². The van der Waals surface area contributed by atoms with Crippen LogP contribution in [0.15, 0.2) is 12.4 Å². The van der Waals surface area contributed by atoms with Gasteiger partial charge >= 0.3 is 0 Å². The zero-order valence-electron chi connectivity index (χ0n) is 12.1. The molecule has 0 spiro atoms. The minimum Gasteiger partial charge on any atom is -0.362 e. The van der Waals surface area contributed by atoms with Crippen molar-refractivity contribution >= 4 is 0 Å². The SMILES string of the molecule is CN1C=CN(C23CC4CC(C)(CC(C)(C4)C2)C3)C1. The molecule has 0 aromatic heterocycles. The Labute approximate surface area is 111 Å². The van der Waals surface area contributed by atoms with Crippen LogP contribution in [0.2, 0.25) is 0 Å². The van der Waals surface area contributed by atoms with Crippen LogP contribution in [-0.4, -0.2) is 29.1 Å². The van der Waals surface area contributed by atoms with Gasteiger partial charge in [-0.3, -0.25) is 0 Å². The number of nitrogens with zero attached hydrogens (tertiary/aromatic N) is 2. The lowest BCUT2D eigenvalue weighted by molar-refractivity contribution is -0.152. The Morgan fingerprint density at radius 1 is 0.944 bits per heavy atom. The fourth-order valence-corrected chi connectivity index (χ4v) is 6.54. The van der Waals surface area contributed by atoms with Gasteiger partial charge in [-0.2, -0.15) is 0 Å². The number of hydrogen-bond acceptors (Lipinski definition) is 2. The molecule has 0 saturated heterocycles. The molecule has 0 radical (unpaired) electrons. The van der Waals surface area contributed by atoms with Crippen molar-refractivity contribution < 1.29 is 0 Å². The zero-order valence-corrected chi connectivity index (χ0v) is 12.1. The normalized spacial score (nSPS) is 53.6. The summed E-state index contributed by atoms with van der Waals surface area (Å²) >= 11 is 0. The first kappa shape index (κ1) is 11.2. The Kier molecular flexibility index (Phi) is 1.91. The molecule has 4 saturated carbocycles. The highest BCUT2D eigenvalue weighted by molar-refractivity contribution is 5.17. The third kappa shape index (κ3) is 1.41. The van der Waals surface area contributed by atoms with E-state index in [0.29, 0.717) is 16.4 Å². The van der Waals surface area contributed by atoms with Crippen molar-refractivity contribution in [2.45, 2.75) is 57.9 Å². The van der Waals surface area contributed by atoms with E-state index in [0.717, 1.165) is 12.6 Å². The Morgan fingerprint density at radius 2 is 1.61 bits per heavy atom. The molecule has 2 nitrogen and oxygen atoms in total. The smallest absolute Gasteiger partial charge is 0.0896 e. The van der Waals surface area contributed by atoms with Gasteiger partial charge < -0.3 is 9.80 Å². The molecule has 4 bridgehead atoms. The van der Waals surface area contributed by atoms with Crippen LogP contribution in [0.25, 0.3) is 0 Å². The summed E-state index contributed by atoms with van der Waals surface area (Å²) in [6, 6.07) is 0. The van der Waals surface area contributed by atoms with Gasteiger partial charge in [0.2, 0.25) is 0 Å². The van der Waals surface area contributed by atoms with Crippen molar-refractivity contribution in [1.29, 1.82) is 0 Å². The predicted octanol–water partition coefficient (Wildman–Crippen LogP) is 3.41. The topological polar surface area (TPSA) is 6.48 Å². The first-order chi connectivity index (χ1) is 8.41. The van der Waals surface area contributed by atoms with Gasteiger partial charge in [0.05, 0.1) is 6.67 Å². The van der Waals surface area contributed by atoms with E-state index in [1.165, 1.54) is 38.5 Å². The van der Waals surface area contributed by atoms with Crippen LogP contribution in [0.1, 0.15) is 52.4 Å². The van der Waals surface area contributed by atoms with Gasteiger partial charge in [-0.25, -0.2) is 0 Å². The molecule has 1 heterocycles. The molecule has 4 fully saturated rings. The molecule has 2 unspecified atom stereocenters. The van der Waals surface area contributed by atoms with Gasteiger partial charge in [-0.05, 0) is 55.3 Å². The Balaban J connectivity index is 1.71.